The number of benzene rings is 1. The Morgan fingerprint density at radius 3 is 2.75 bits per heavy atom. The van der Waals surface area contributed by atoms with Crippen molar-refractivity contribution in [3.05, 3.63) is 46.6 Å². The van der Waals surface area contributed by atoms with E-state index in [9.17, 15) is 4.79 Å². The molecule has 0 fully saturated rings. The van der Waals surface area contributed by atoms with Crippen molar-refractivity contribution in [2.24, 2.45) is 16.8 Å². The van der Waals surface area contributed by atoms with Gasteiger partial charge in [0.25, 0.3) is 0 Å². The molecule has 0 saturated carbocycles. The number of carbonyl (C=O) groups excluding carboxylic acids is 1. The fourth-order valence-electron chi connectivity index (χ4n) is 3.21. The molecule has 6 heteroatoms. The maximum atomic E-state index is 12.8. The summed E-state index contributed by atoms with van der Waals surface area (Å²) in [6.07, 6.45) is 1.72. The lowest BCUT2D eigenvalue weighted by atomic mass is 9.74. The van der Waals surface area contributed by atoms with E-state index in [2.05, 4.69) is 15.2 Å². The standard InChI is InChI=1S/C18H20ClN3O2/c1-4-24-18(23)15-14(11-7-5-6-8-13(11)19)12-9-20-22-17(12)21-16(15)10(2)3/h5-10,14-15H,4H2,1-3H3,(H,20,22). The van der Waals surface area contributed by atoms with E-state index in [1.54, 1.807) is 13.1 Å². The van der Waals surface area contributed by atoms with Crippen molar-refractivity contribution in [3.63, 3.8) is 0 Å². The van der Waals surface area contributed by atoms with Crippen molar-refractivity contribution in [2.45, 2.75) is 26.7 Å². The van der Waals surface area contributed by atoms with Crippen LogP contribution in [0.1, 0.15) is 37.8 Å². The maximum absolute atomic E-state index is 12.8. The molecule has 2 unspecified atom stereocenters. The van der Waals surface area contributed by atoms with Gasteiger partial charge in [0.1, 0.15) is 5.92 Å². The number of hydrogen-bond donors (Lipinski definition) is 1. The molecule has 1 aromatic heterocycles. The minimum Gasteiger partial charge on any atom is -0.465 e. The van der Waals surface area contributed by atoms with Crippen molar-refractivity contribution in [3.8, 4) is 0 Å². The van der Waals surface area contributed by atoms with Gasteiger partial charge in [-0.2, -0.15) is 5.10 Å². The van der Waals surface area contributed by atoms with Crippen molar-refractivity contribution >= 4 is 29.1 Å². The highest BCUT2D eigenvalue weighted by Gasteiger charge is 2.42. The normalized spacial score (nSPS) is 19.8. The molecule has 2 heterocycles. The molecule has 24 heavy (non-hydrogen) atoms. The number of fused-ring (bicyclic) bond motifs is 1. The van der Waals surface area contributed by atoms with Gasteiger partial charge in [-0.05, 0) is 24.5 Å². The van der Waals surface area contributed by atoms with Crippen LogP contribution in [0.5, 0.6) is 0 Å². The number of halogens is 1. The van der Waals surface area contributed by atoms with Gasteiger partial charge < -0.3 is 4.74 Å². The number of aromatic amines is 1. The largest absolute Gasteiger partial charge is 0.465 e. The van der Waals surface area contributed by atoms with Crippen LogP contribution in [0.2, 0.25) is 5.02 Å². The third-order valence-electron chi connectivity index (χ3n) is 4.25. The first kappa shape index (κ1) is 16.7. The monoisotopic (exact) mass is 345 g/mol. The van der Waals surface area contributed by atoms with Crippen LogP contribution in [-0.4, -0.2) is 28.5 Å². The van der Waals surface area contributed by atoms with E-state index in [0.29, 0.717) is 17.4 Å². The Kier molecular flexibility index (Phi) is 4.71. The second kappa shape index (κ2) is 6.77. The van der Waals surface area contributed by atoms with Crippen LogP contribution in [0.25, 0.3) is 0 Å². The molecule has 1 aliphatic heterocycles. The highest BCUT2D eigenvalue weighted by atomic mass is 35.5. The van der Waals surface area contributed by atoms with E-state index in [-0.39, 0.29) is 17.8 Å². The average Bonchev–Trinajstić information content (AvgIpc) is 3.02. The summed E-state index contributed by atoms with van der Waals surface area (Å²) < 4.78 is 5.35. The minimum absolute atomic E-state index is 0.0980. The van der Waals surface area contributed by atoms with Gasteiger partial charge in [0.05, 0.1) is 12.8 Å². The van der Waals surface area contributed by atoms with Gasteiger partial charge in [-0.15, -0.1) is 0 Å². The Hall–Kier alpha value is -2.14. The number of nitrogens with one attached hydrogen (secondary N) is 1. The zero-order valence-electron chi connectivity index (χ0n) is 13.9. The van der Waals surface area contributed by atoms with Crippen LogP contribution in [0.4, 0.5) is 5.82 Å². The number of rotatable bonds is 4. The van der Waals surface area contributed by atoms with Gasteiger partial charge in [-0.3, -0.25) is 9.89 Å². The fraction of sp³-hybridized carbons (Fsp3) is 0.389. The highest BCUT2D eigenvalue weighted by Crippen LogP contribution is 2.45. The number of aromatic nitrogens is 2. The zero-order chi connectivity index (χ0) is 17.3. The Morgan fingerprint density at radius 2 is 2.08 bits per heavy atom. The lowest BCUT2D eigenvalue weighted by Gasteiger charge is -2.32. The summed E-state index contributed by atoms with van der Waals surface area (Å²) in [6.45, 7) is 6.18. The van der Waals surface area contributed by atoms with Crippen LogP contribution in [0.3, 0.4) is 0 Å². The smallest absolute Gasteiger partial charge is 0.315 e. The molecule has 0 bridgehead atoms. The van der Waals surface area contributed by atoms with Crippen molar-refractivity contribution in [1.29, 1.82) is 0 Å². The molecule has 0 saturated heterocycles. The number of hydrogen-bond acceptors (Lipinski definition) is 4. The number of carbonyl (C=O) groups is 1. The van der Waals surface area contributed by atoms with Gasteiger partial charge in [-0.25, -0.2) is 4.99 Å². The summed E-state index contributed by atoms with van der Waals surface area (Å²) in [5.74, 6) is -0.261. The Bertz CT molecular complexity index is 782. The number of nitrogens with zero attached hydrogens (tertiary/aromatic N) is 2. The van der Waals surface area contributed by atoms with Gasteiger partial charge >= 0.3 is 5.97 Å². The SMILES string of the molecule is CCOC(=O)C1C(C(C)C)=Nc2[nH]ncc2C1c1ccccc1Cl. The summed E-state index contributed by atoms with van der Waals surface area (Å²) >= 11 is 6.44. The van der Waals surface area contributed by atoms with Crippen LogP contribution >= 0.6 is 11.6 Å². The van der Waals surface area contributed by atoms with Crippen LogP contribution in [-0.2, 0) is 9.53 Å². The van der Waals surface area contributed by atoms with E-state index < -0.39 is 5.92 Å². The molecule has 0 spiro atoms. The van der Waals surface area contributed by atoms with Gasteiger partial charge in [0, 0.05) is 22.2 Å². The molecular formula is C18H20ClN3O2. The molecule has 0 aliphatic carbocycles. The third kappa shape index (κ3) is 2.84. The zero-order valence-corrected chi connectivity index (χ0v) is 14.7. The van der Waals surface area contributed by atoms with Crippen LogP contribution in [0, 0.1) is 11.8 Å². The summed E-state index contributed by atoms with van der Waals surface area (Å²) in [4.78, 5) is 17.4. The van der Waals surface area contributed by atoms with Gasteiger partial charge in [0.2, 0.25) is 0 Å². The Morgan fingerprint density at radius 1 is 1.33 bits per heavy atom. The van der Waals surface area contributed by atoms with Crippen LogP contribution in [0.15, 0.2) is 35.5 Å². The Labute approximate surface area is 146 Å². The summed E-state index contributed by atoms with van der Waals surface area (Å²) in [7, 11) is 0. The average molecular weight is 346 g/mol. The van der Waals surface area contributed by atoms with E-state index in [4.69, 9.17) is 16.3 Å². The quantitative estimate of drug-likeness (QED) is 0.847. The van der Waals surface area contributed by atoms with Crippen molar-refractivity contribution < 1.29 is 9.53 Å². The molecule has 1 N–H and O–H groups in total. The lowest BCUT2D eigenvalue weighted by molar-refractivity contribution is -0.146. The van der Waals surface area contributed by atoms with E-state index in [0.717, 1.165) is 16.8 Å². The first-order valence-corrected chi connectivity index (χ1v) is 8.45. The predicted octanol–water partition coefficient (Wildman–Crippen LogP) is 4.12. The fourth-order valence-corrected chi connectivity index (χ4v) is 3.46. The summed E-state index contributed by atoms with van der Waals surface area (Å²) in [5, 5.41) is 7.66. The Balaban J connectivity index is 2.20. The van der Waals surface area contributed by atoms with Crippen LogP contribution < -0.4 is 0 Å². The summed E-state index contributed by atoms with van der Waals surface area (Å²) in [5.41, 5.74) is 2.54. The van der Waals surface area contributed by atoms with Crippen molar-refractivity contribution in [1.82, 2.24) is 10.2 Å². The van der Waals surface area contributed by atoms with Gasteiger partial charge in [0.15, 0.2) is 5.82 Å². The number of aliphatic imine (C=N–C) groups is 1. The second-order valence-corrected chi connectivity index (χ2v) is 6.50. The van der Waals surface area contributed by atoms with Crippen molar-refractivity contribution in [2.75, 3.05) is 6.61 Å². The summed E-state index contributed by atoms with van der Waals surface area (Å²) in [6, 6.07) is 7.57. The number of H-pyrrole nitrogens is 1. The number of esters is 1. The maximum Gasteiger partial charge on any atom is 0.315 e. The topological polar surface area (TPSA) is 67.3 Å². The van der Waals surface area contributed by atoms with E-state index in [1.807, 2.05) is 38.1 Å². The highest BCUT2D eigenvalue weighted by molar-refractivity contribution is 6.31. The second-order valence-electron chi connectivity index (χ2n) is 6.09. The molecule has 2 atom stereocenters. The molecule has 1 aliphatic rings. The minimum atomic E-state index is -0.505. The molecule has 5 nitrogen and oxygen atoms in total. The molecule has 2 aromatic rings. The number of ether oxygens (including phenoxy) is 1. The molecule has 3 rings (SSSR count). The molecule has 0 radical (unpaired) electrons. The van der Waals surface area contributed by atoms with Gasteiger partial charge in [-0.1, -0.05) is 43.6 Å². The molecule has 0 amide bonds. The molecule has 126 valence electrons. The molecule has 1 aromatic carbocycles. The third-order valence-corrected chi connectivity index (χ3v) is 4.59. The predicted molar refractivity (Wildman–Crippen MR) is 93.9 cm³/mol. The van der Waals surface area contributed by atoms with E-state index >= 15 is 0 Å². The van der Waals surface area contributed by atoms with E-state index in [1.165, 1.54) is 0 Å². The lowest BCUT2D eigenvalue weighted by Crippen LogP contribution is -2.37. The first-order valence-electron chi connectivity index (χ1n) is 8.07. The molecular weight excluding hydrogens is 326 g/mol. The first-order chi connectivity index (χ1) is 11.5.